The molecule has 1 aromatic carbocycles. The fraction of sp³-hybridized carbons (Fsp3) is 0.533. The first kappa shape index (κ1) is 14.7. The molecule has 100 valence electrons. The molecule has 0 saturated carbocycles. The SMILES string of the molecule is Cc1cccc([C@@H](C)NC(=O)CCC(C)CN)c1. The van der Waals surface area contributed by atoms with E-state index in [1.54, 1.807) is 0 Å². The van der Waals surface area contributed by atoms with Crippen LogP contribution in [0.5, 0.6) is 0 Å². The van der Waals surface area contributed by atoms with E-state index in [9.17, 15) is 4.79 Å². The number of carbonyl (C=O) groups is 1. The molecule has 0 aliphatic heterocycles. The van der Waals surface area contributed by atoms with Crippen molar-refractivity contribution < 1.29 is 4.79 Å². The summed E-state index contributed by atoms with van der Waals surface area (Å²) >= 11 is 0. The average molecular weight is 248 g/mol. The Balaban J connectivity index is 2.44. The van der Waals surface area contributed by atoms with Crippen molar-refractivity contribution in [3.63, 3.8) is 0 Å². The first-order chi connectivity index (χ1) is 8.52. The second-order valence-corrected chi connectivity index (χ2v) is 5.08. The molecule has 0 bridgehead atoms. The summed E-state index contributed by atoms with van der Waals surface area (Å²) in [5.41, 5.74) is 7.90. The predicted octanol–water partition coefficient (Wildman–Crippen LogP) is 2.55. The zero-order valence-electron chi connectivity index (χ0n) is 11.6. The van der Waals surface area contributed by atoms with Gasteiger partial charge in [-0.25, -0.2) is 0 Å². The Kier molecular flexibility index (Phi) is 5.86. The molecule has 0 spiro atoms. The van der Waals surface area contributed by atoms with Crippen LogP contribution in [0.4, 0.5) is 0 Å². The Morgan fingerprint density at radius 3 is 2.72 bits per heavy atom. The Morgan fingerprint density at radius 1 is 1.39 bits per heavy atom. The molecule has 1 rings (SSSR count). The minimum absolute atomic E-state index is 0.0607. The summed E-state index contributed by atoms with van der Waals surface area (Å²) in [4.78, 5) is 11.8. The molecule has 1 aromatic rings. The molecular weight excluding hydrogens is 224 g/mol. The quantitative estimate of drug-likeness (QED) is 0.813. The van der Waals surface area contributed by atoms with Crippen molar-refractivity contribution in [2.45, 2.75) is 39.7 Å². The molecule has 0 heterocycles. The third-order valence-corrected chi connectivity index (χ3v) is 3.19. The predicted molar refractivity (Wildman–Crippen MR) is 75.2 cm³/mol. The summed E-state index contributed by atoms with van der Waals surface area (Å²) in [5.74, 6) is 0.509. The zero-order valence-corrected chi connectivity index (χ0v) is 11.6. The van der Waals surface area contributed by atoms with Gasteiger partial charge in [-0.05, 0) is 38.3 Å². The van der Waals surface area contributed by atoms with E-state index in [0.29, 0.717) is 18.9 Å². The topological polar surface area (TPSA) is 55.1 Å². The van der Waals surface area contributed by atoms with Crippen LogP contribution in [0.15, 0.2) is 24.3 Å². The lowest BCUT2D eigenvalue weighted by Crippen LogP contribution is -2.27. The van der Waals surface area contributed by atoms with Gasteiger partial charge in [0, 0.05) is 6.42 Å². The smallest absolute Gasteiger partial charge is 0.220 e. The highest BCUT2D eigenvalue weighted by molar-refractivity contribution is 5.76. The number of nitrogens with two attached hydrogens (primary N) is 1. The highest BCUT2D eigenvalue weighted by atomic mass is 16.1. The van der Waals surface area contributed by atoms with Crippen LogP contribution in [-0.4, -0.2) is 12.5 Å². The van der Waals surface area contributed by atoms with Gasteiger partial charge in [-0.2, -0.15) is 0 Å². The Labute approximate surface area is 110 Å². The molecule has 2 atom stereocenters. The van der Waals surface area contributed by atoms with Crippen LogP contribution in [0.25, 0.3) is 0 Å². The van der Waals surface area contributed by atoms with Crippen molar-refractivity contribution in [1.82, 2.24) is 5.32 Å². The van der Waals surface area contributed by atoms with Crippen molar-refractivity contribution in [3.8, 4) is 0 Å². The Bertz CT molecular complexity index is 390. The maximum Gasteiger partial charge on any atom is 0.220 e. The van der Waals surface area contributed by atoms with Gasteiger partial charge < -0.3 is 11.1 Å². The lowest BCUT2D eigenvalue weighted by atomic mass is 10.0. The van der Waals surface area contributed by atoms with Gasteiger partial charge in [-0.15, -0.1) is 0 Å². The Morgan fingerprint density at radius 2 is 2.11 bits per heavy atom. The van der Waals surface area contributed by atoms with Gasteiger partial charge in [0.15, 0.2) is 0 Å². The van der Waals surface area contributed by atoms with Crippen LogP contribution in [0.2, 0.25) is 0 Å². The molecule has 1 amide bonds. The van der Waals surface area contributed by atoms with E-state index >= 15 is 0 Å². The Hall–Kier alpha value is -1.35. The molecule has 0 aromatic heterocycles. The normalized spacial score (nSPS) is 14.0. The summed E-state index contributed by atoms with van der Waals surface area (Å²) in [6, 6.07) is 8.28. The molecule has 0 aliphatic rings. The molecule has 0 saturated heterocycles. The summed E-state index contributed by atoms with van der Waals surface area (Å²) in [5, 5.41) is 3.02. The van der Waals surface area contributed by atoms with Gasteiger partial charge in [-0.1, -0.05) is 36.8 Å². The first-order valence-corrected chi connectivity index (χ1v) is 6.59. The van der Waals surface area contributed by atoms with E-state index < -0.39 is 0 Å². The fourth-order valence-electron chi connectivity index (χ4n) is 1.83. The van der Waals surface area contributed by atoms with Crippen LogP contribution in [-0.2, 0) is 4.79 Å². The molecule has 0 fully saturated rings. The van der Waals surface area contributed by atoms with Crippen LogP contribution in [0.3, 0.4) is 0 Å². The second-order valence-electron chi connectivity index (χ2n) is 5.08. The first-order valence-electron chi connectivity index (χ1n) is 6.59. The number of aryl methyl sites for hydroxylation is 1. The van der Waals surface area contributed by atoms with E-state index in [1.807, 2.05) is 19.1 Å². The summed E-state index contributed by atoms with van der Waals surface area (Å²) in [6.45, 7) is 6.78. The third kappa shape index (κ3) is 4.88. The number of benzene rings is 1. The monoisotopic (exact) mass is 248 g/mol. The van der Waals surface area contributed by atoms with Crippen LogP contribution in [0, 0.1) is 12.8 Å². The maximum atomic E-state index is 11.8. The van der Waals surface area contributed by atoms with E-state index in [4.69, 9.17) is 5.73 Å². The van der Waals surface area contributed by atoms with Crippen molar-refractivity contribution in [3.05, 3.63) is 35.4 Å². The van der Waals surface area contributed by atoms with E-state index in [1.165, 1.54) is 5.56 Å². The summed E-state index contributed by atoms with van der Waals surface area (Å²) < 4.78 is 0. The number of amides is 1. The van der Waals surface area contributed by atoms with Crippen LogP contribution in [0.1, 0.15) is 43.9 Å². The highest BCUT2D eigenvalue weighted by Gasteiger charge is 2.10. The van der Waals surface area contributed by atoms with Gasteiger partial charge in [0.1, 0.15) is 0 Å². The van der Waals surface area contributed by atoms with Gasteiger partial charge in [0.05, 0.1) is 6.04 Å². The molecule has 3 N–H and O–H groups in total. The number of carbonyl (C=O) groups excluding carboxylic acids is 1. The fourth-order valence-corrected chi connectivity index (χ4v) is 1.83. The van der Waals surface area contributed by atoms with Crippen molar-refractivity contribution in [2.24, 2.45) is 11.7 Å². The molecule has 18 heavy (non-hydrogen) atoms. The summed E-state index contributed by atoms with van der Waals surface area (Å²) in [7, 11) is 0. The zero-order chi connectivity index (χ0) is 13.5. The molecule has 3 nitrogen and oxygen atoms in total. The minimum Gasteiger partial charge on any atom is -0.350 e. The second kappa shape index (κ2) is 7.17. The van der Waals surface area contributed by atoms with Gasteiger partial charge in [-0.3, -0.25) is 4.79 Å². The molecule has 3 heteroatoms. The number of nitrogens with one attached hydrogen (secondary N) is 1. The summed E-state index contributed by atoms with van der Waals surface area (Å²) in [6.07, 6.45) is 1.40. The van der Waals surface area contributed by atoms with E-state index in [0.717, 1.165) is 12.0 Å². The maximum absolute atomic E-state index is 11.8. The minimum atomic E-state index is 0.0607. The molecule has 0 aliphatic carbocycles. The average Bonchev–Trinajstić information content (AvgIpc) is 2.35. The molecular formula is C15H24N2O. The lowest BCUT2D eigenvalue weighted by molar-refractivity contribution is -0.122. The largest absolute Gasteiger partial charge is 0.350 e. The molecule has 0 radical (unpaired) electrons. The number of hydrogen-bond acceptors (Lipinski definition) is 2. The van der Waals surface area contributed by atoms with Crippen LogP contribution < -0.4 is 11.1 Å². The van der Waals surface area contributed by atoms with Crippen molar-refractivity contribution in [1.29, 1.82) is 0 Å². The van der Waals surface area contributed by atoms with Gasteiger partial charge >= 0.3 is 0 Å². The standard InChI is InChI=1S/C15H24N2O/c1-11-5-4-6-14(9-11)13(3)17-15(18)8-7-12(2)10-16/h4-6,9,12-13H,7-8,10,16H2,1-3H3,(H,17,18)/t12?,13-/m1/s1. The number of rotatable bonds is 6. The molecule has 1 unspecified atom stereocenters. The van der Waals surface area contributed by atoms with E-state index in [2.05, 4.69) is 31.3 Å². The van der Waals surface area contributed by atoms with Crippen LogP contribution >= 0.6 is 0 Å². The van der Waals surface area contributed by atoms with Crippen molar-refractivity contribution in [2.75, 3.05) is 6.54 Å². The van der Waals surface area contributed by atoms with Gasteiger partial charge in [0.25, 0.3) is 0 Å². The lowest BCUT2D eigenvalue weighted by Gasteiger charge is -2.15. The van der Waals surface area contributed by atoms with Gasteiger partial charge in [0.2, 0.25) is 5.91 Å². The van der Waals surface area contributed by atoms with E-state index in [-0.39, 0.29) is 11.9 Å². The van der Waals surface area contributed by atoms with Crippen molar-refractivity contribution >= 4 is 5.91 Å². The highest BCUT2D eigenvalue weighted by Crippen LogP contribution is 2.14. The third-order valence-electron chi connectivity index (χ3n) is 3.19. The number of hydrogen-bond donors (Lipinski definition) is 2.